The number of benzene rings is 2. The summed E-state index contributed by atoms with van der Waals surface area (Å²) in [5, 5.41) is 2.85. The molecule has 0 aromatic heterocycles. The number of hydrogen-bond acceptors (Lipinski definition) is 2. The van der Waals surface area contributed by atoms with Crippen molar-refractivity contribution >= 4 is 39.1 Å². The van der Waals surface area contributed by atoms with E-state index in [4.69, 9.17) is 0 Å². The standard InChI is InChI=1S/C19H21BrN2O2/c1-13-4-7-17(8-5-13)21-19(24)10-11-22(15(3)23)18-9-6-16(20)12-14(18)2/h4-9,12H,10-11H2,1-3H3,(H,21,24). The molecule has 2 aromatic rings. The van der Waals surface area contributed by atoms with Crippen molar-refractivity contribution in [2.45, 2.75) is 27.2 Å². The third kappa shape index (κ3) is 4.93. The zero-order valence-corrected chi connectivity index (χ0v) is 15.7. The highest BCUT2D eigenvalue weighted by Gasteiger charge is 2.15. The van der Waals surface area contributed by atoms with Crippen molar-refractivity contribution in [2.75, 3.05) is 16.8 Å². The molecule has 0 fully saturated rings. The Bertz CT molecular complexity index is 742. The number of rotatable bonds is 5. The number of carbonyl (C=O) groups excluding carboxylic acids is 2. The van der Waals surface area contributed by atoms with Gasteiger partial charge in [0.1, 0.15) is 0 Å². The summed E-state index contributed by atoms with van der Waals surface area (Å²) in [7, 11) is 0. The number of aryl methyl sites for hydroxylation is 2. The number of amides is 2. The van der Waals surface area contributed by atoms with Crippen molar-refractivity contribution in [3.63, 3.8) is 0 Å². The van der Waals surface area contributed by atoms with E-state index in [-0.39, 0.29) is 18.2 Å². The van der Waals surface area contributed by atoms with Gasteiger partial charge in [-0.25, -0.2) is 0 Å². The quantitative estimate of drug-likeness (QED) is 0.822. The predicted octanol–water partition coefficient (Wildman–Crippen LogP) is 4.45. The van der Waals surface area contributed by atoms with Gasteiger partial charge < -0.3 is 10.2 Å². The van der Waals surface area contributed by atoms with Crippen molar-refractivity contribution in [1.29, 1.82) is 0 Å². The van der Waals surface area contributed by atoms with Crippen LogP contribution in [0.2, 0.25) is 0 Å². The molecule has 5 heteroatoms. The molecule has 126 valence electrons. The average Bonchev–Trinajstić information content (AvgIpc) is 2.51. The Hall–Kier alpha value is -2.14. The lowest BCUT2D eigenvalue weighted by molar-refractivity contribution is -0.117. The van der Waals surface area contributed by atoms with Crippen LogP contribution < -0.4 is 10.2 Å². The molecule has 0 aliphatic rings. The van der Waals surface area contributed by atoms with Crippen molar-refractivity contribution in [3.8, 4) is 0 Å². The zero-order valence-electron chi connectivity index (χ0n) is 14.1. The molecule has 0 aliphatic heterocycles. The molecule has 1 N–H and O–H groups in total. The first-order valence-electron chi connectivity index (χ1n) is 7.77. The molecule has 0 unspecified atom stereocenters. The van der Waals surface area contributed by atoms with Crippen molar-refractivity contribution < 1.29 is 9.59 Å². The molecule has 0 spiro atoms. The fraction of sp³-hybridized carbons (Fsp3) is 0.263. The molecule has 4 nitrogen and oxygen atoms in total. The van der Waals surface area contributed by atoms with E-state index >= 15 is 0 Å². The molecule has 0 radical (unpaired) electrons. The number of hydrogen-bond donors (Lipinski definition) is 1. The Labute approximate surface area is 151 Å². The second kappa shape index (κ2) is 8.11. The summed E-state index contributed by atoms with van der Waals surface area (Å²) in [6.45, 7) is 5.80. The van der Waals surface area contributed by atoms with Crippen LogP contribution in [0.5, 0.6) is 0 Å². The van der Waals surface area contributed by atoms with Crippen molar-refractivity contribution in [3.05, 3.63) is 58.1 Å². The van der Waals surface area contributed by atoms with Gasteiger partial charge in [-0.05, 0) is 49.7 Å². The van der Waals surface area contributed by atoms with E-state index in [0.29, 0.717) is 6.54 Å². The summed E-state index contributed by atoms with van der Waals surface area (Å²) in [5.74, 6) is -0.191. The van der Waals surface area contributed by atoms with E-state index in [1.54, 1.807) is 4.90 Å². The number of halogens is 1. The Kier molecular flexibility index (Phi) is 6.15. The Morgan fingerprint density at radius 2 is 1.75 bits per heavy atom. The lowest BCUT2D eigenvalue weighted by Gasteiger charge is -2.23. The van der Waals surface area contributed by atoms with Crippen molar-refractivity contribution in [2.24, 2.45) is 0 Å². The fourth-order valence-corrected chi connectivity index (χ4v) is 2.92. The molecular formula is C19H21BrN2O2. The third-order valence-corrected chi connectivity index (χ3v) is 4.22. The van der Waals surface area contributed by atoms with Gasteiger partial charge in [0, 0.05) is 35.7 Å². The topological polar surface area (TPSA) is 49.4 Å². The minimum Gasteiger partial charge on any atom is -0.326 e. The van der Waals surface area contributed by atoms with Gasteiger partial charge in [0.2, 0.25) is 11.8 Å². The van der Waals surface area contributed by atoms with E-state index in [0.717, 1.165) is 27.0 Å². The van der Waals surface area contributed by atoms with Gasteiger partial charge in [-0.15, -0.1) is 0 Å². The summed E-state index contributed by atoms with van der Waals surface area (Å²) < 4.78 is 0.962. The lowest BCUT2D eigenvalue weighted by Crippen LogP contribution is -2.32. The van der Waals surface area contributed by atoms with E-state index in [1.807, 2.05) is 56.3 Å². The first kappa shape index (κ1) is 18.2. The minimum absolute atomic E-state index is 0.0800. The maximum atomic E-state index is 12.1. The Morgan fingerprint density at radius 3 is 2.33 bits per heavy atom. The fourth-order valence-electron chi connectivity index (χ4n) is 2.44. The highest BCUT2D eigenvalue weighted by atomic mass is 79.9. The van der Waals surface area contributed by atoms with Gasteiger partial charge in [0.15, 0.2) is 0 Å². The summed E-state index contributed by atoms with van der Waals surface area (Å²) in [6, 6.07) is 13.4. The van der Waals surface area contributed by atoms with Crippen LogP contribution in [0.25, 0.3) is 0 Å². The third-order valence-electron chi connectivity index (χ3n) is 3.73. The molecule has 0 aliphatic carbocycles. The van der Waals surface area contributed by atoms with Crippen LogP contribution >= 0.6 is 15.9 Å². The molecular weight excluding hydrogens is 368 g/mol. The van der Waals surface area contributed by atoms with Gasteiger partial charge in [0.05, 0.1) is 0 Å². The predicted molar refractivity (Wildman–Crippen MR) is 101 cm³/mol. The van der Waals surface area contributed by atoms with Gasteiger partial charge >= 0.3 is 0 Å². The molecule has 2 amide bonds. The van der Waals surface area contributed by atoms with E-state index in [2.05, 4.69) is 21.2 Å². The largest absolute Gasteiger partial charge is 0.326 e. The second-order valence-electron chi connectivity index (χ2n) is 5.77. The monoisotopic (exact) mass is 388 g/mol. The minimum atomic E-state index is -0.111. The van der Waals surface area contributed by atoms with E-state index in [1.165, 1.54) is 6.92 Å². The summed E-state index contributed by atoms with van der Waals surface area (Å²) in [4.78, 5) is 25.7. The molecule has 24 heavy (non-hydrogen) atoms. The van der Waals surface area contributed by atoms with Crippen LogP contribution in [0.3, 0.4) is 0 Å². The molecule has 0 heterocycles. The first-order chi connectivity index (χ1) is 11.4. The van der Waals surface area contributed by atoms with Gasteiger partial charge in [-0.1, -0.05) is 33.6 Å². The lowest BCUT2D eigenvalue weighted by atomic mass is 10.1. The molecule has 0 saturated carbocycles. The Balaban J connectivity index is 2.02. The SMILES string of the molecule is CC(=O)N(CCC(=O)Nc1ccc(C)cc1)c1ccc(Br)cc1C. The highest BCUT2D eigenvalue weighted by Crippen LogP contribution is 2.24. The smallest absolute Gasteiger partial charge is 0.226 e. The maximum absolute atomic E-state index is 12.1. The van der Waals surface area contributed by atoms with E-state index < -0.39 is 0 Å². The number of nitrogens with one attached hydrogen (secondary N) is 1. The van der Waals surface area contributed by atoms with Crippen LogP contribution in [-0.2, 0) is 9.59 Å². The van der Waals surface area contributed by atoms with Crippen LogP contribution in [0.4, 0.5) is 11.4 Å². The van der Waals surface area contributed by atoms with Gasteiger partial charge in [-0.2, -0.15) is 0 Å². The summed E-state index contributed by atoms with van der Waals surface area (Å²) in [5.41, 5.74) is 3.72. The average molecular weight is 389 g/mol. The summed E-state index contributed by atoms with van der Waals surface area (Å²) >= 11 is 3.42. The second-order valence-corrected chi connectivity index (χ2v) is 6.68. The number of carbonyl (C=O) groups is 2. The van der Waals surface area contributed by atoms with E-state index in [9.17, 15) is 9.59 Å². The summed E-state index contributed by atoms with van der Waals surface area (Å²) in [6.07, 6.45) is 0.239. The number of anilines is 2. The molecule has 2 rings (SSSR count). The molecule has 0 atom stereocenters. The zero-order chi connectivity index (χ0) is 17.7. The van der Waals surface area contributed by atoms with Gasteiger partial charge in [0.25, 0.3) is 0 Å². The maximum Gasteiger partial charge on any atom is 0.226 e. The molecule has 0 bridgehead atoms. The van der Waals surface area contributed by atoms with Gasteiger partial charge in [-0.3, -0.25) is 9.59 Å². The molecule has 2 aromatic carbocycles. The van der Waals surface area contributed by atoms with Crippen LogP contribution in [0.1, 0.15) is 24.5 Å². The van der Waals surface area contributed by atoms with Crippen LogP contribution in [0, 0.1) is 13.8 Å². The van der Waals surface area contributed by atoms with Crippen LogP contribution in [-0.4, -0.2) is 18.4 Å². The number of nitrogens with zero attached hydrogens (tertiary/aromatic N) is 1. The normalized spacial score (nSPS) is 10.3. The van der Waals surface area contributed by atoms with Crippen molar-refractivity contribution in [1.82, 2.24) is 0 Å². The molecule has 0 saturated heterocycles. The first-order valence-corrected chi connectivity index (χ1v) is 8.57. The Morgan fingerprint density at radius 1 is 1.08 bits per heavy atom. The highest BCUT2D eigenvalue weighted by molar-refractivity contribution is 9.10. The van der Waals surface area contributed by atoms with Crippen LogP contribution in [0.15, 0.2) is 46.9 Å².